The second kappa shape index (κ2) is 8.36. The maximum atomic E-state index is 12.6. The number of hydrogen-bond acceptors (Lipinski definition) is 5. The second-order valence-electron chi connectivity index (χ2n) is 5.30. The minimum atomic E-state index is -2.59. The van der Waals surface area contributed by atoms with E-state index in [1.165, 1.54) is 6.07 Å². The van der Waals surface area contributed by atoms with E-state index in [1.807, 2.05) is 0 Å². The molecule has 0 atom stereocenters. The minimum Gasteiger partial charge on any atom is -0.321 e. The Kier molecular flexibility index (Phi) is 5.92. The van der Waals surface area contributed by atoms with Gasteiger partial charge in [-0.3, -0.25) is 19.7 Å². The molecule has 1 aliphatic rings. The van der Waals surface area contributed by atoms with E-state index in [2.05, 4.69) is 10.6 Å². The highest BCUT2D eigenvalue weighted by atomic mass is 32.2. The van der Waals surface area contributed by atoms with Crippen molar-refractivity contribution in [1.29, 1.82) is 0 Å². The highest BCUT2D eigenvalue weighted by Gasteiger charge is 2.24. The van der Waals surface area contributed by atoms with E-state index < -0.39 is 22.8 Å². The maximum absolute atomic E-state index is 12.6. The van der Waals surface area contributed by atoms with E-state index in [9.17, 15) is 23.2 Å². The van der Waals surface area contributed by atoms with E-state index in [0.717, 1.165) is 11.8 Å². The molecule has 1 saturated heterocycles. The SMILES string of the molecule is O=C1NC(=O)/C(=C/c2ccc(C(=O)Nc3ccccc3SC(F)F)cc2)S1. The van der Waals surface area contributed by atoms with Crippen molar-refractivity contribution in [2.45, 2.75) is 10.7 Å². The van der Waals surface area contributed by atoms with Crippen LogP contribution in [0.5, 0.6) is 0 Å². The van der Waals surface area contributed by atoms with Crippen LogP contribution in [0.3, 0.4) is 0 Å². The fraction of sp³-hybridized carbons (Fsp3) is 0.0556. The zero-order valence-electron chi connectivity index (χ0n) is 13.6. The summed E-state index contributed by atoms with van der Waals surface area (Å²) in [5.41, 5.74) is 1.28. The fourth-order valence-electron chi connectivity index (χ4n) is 2.27. The van der Waals surface area contributed by atoms with Crippen molar-refractivity contribution in [2.24, 2.45) is 0 Å². The van der Waals surface area contributed by atoms with Crippen LogP contribution in [0.25, 0.3) is 6.08 Å². The molecule has 9 heteroatoms. The van der Waals surface area contributed by atoms with Gasteiger partial charge in [0.15, 0.2) is 0 Å². The van der Waals surface area contributed by atoms with Crippen LogP contribution in [-0.2, 0) is 4.79 Å². The van der Waals surface area contributed by atoms with Crippen molar-refractivity contribution in [3.63, 3.8) is 0 Å². The normalized spacial score (nSPS) is 15.3. The molecule has 3 amide bonds. The number of hydrogen-bond donors (Lipinski definition) is 2. The van der Waals surface area contributed by atoms with Gasteiger partial charge in [-0.25, -0.2) is 0 Å². The monoisotopic (exact) mass is 406 g/mol. The third kappa shape index (κ3) is 4.95. The van der Waals surface area contributed by atoms with Crippen LogP contribution >= 0.6 is 23.5 Å². The van der Waals surface area contributed by atoms with Gasteiger partial charge in [-0.2, -0.15) is 8.78 Å². The molecule has 5 nitrogen and oxygen atoms in total. The predicted molar refractivity (Wildman–Crippen MR) is 102 cm³/mol. The molecule has 0 bridgehead atoms. The number of alkyl halides is 2. The van der Waals surface area contributed by atoms with Gasteiger partial charge in [0.25, 0.3) is 22.8 Å². The van der Waals surface area contributed by atoms with Gasteiger partial charge < -0.3 is 5.32 Å². The molecule has 0 unspecified atom stereocenters. The first-order chi connectivity index (χ1) is 12.9. The molecule has 0 radical (unpaired) electrons. The standard InChI is InChI=1S/C18H12F2N2O3S2/c19-17(20)26-13-4-2-1-3-12(13)21-15(23)11-7-5-10(6-8-11)9-14-16(24)22-18(25)27-14/h1-9,17H,(H,21,23)(H,22,24,25)/b14-9-. The third-order valence-electron chi connectivity index (χ3n) is 3.46. The highest BCUT2D eigenvalue weighted by Crippen LogP contribution is 2.32. The fourth-order valence-corrected chi connectivity index (χ4v) is 3.54. The summed E-state index contributed by atoms with van der Waals surface area (Å²) < 4.78 is 25.2. The summed E-state index contributed by atoms with van der Waals surface area (Å²) in [7, 11) is 0. The molecule has 1 heterocycles. The topological polar surface area (TPSA) is 75.3 Å². The van der Waals surface area contributed by atoms with Crippen molar-refractivity contribution in [2.75, 3.05) is 5.32 Å². The number of nitrogens with one attached hydrogen (secondary N) is 2. The Morgan fingerprint density at radius 1 is 1.11 bits per heavy atom. The first-order valence-corrected chi connectivity index (χ1v) is 9.32. The molecule has 3 rings (SSSR count). The van der Waals surface area contributed by atoms with Crippen molar-refractivity contribution in [3.05, 3.63) is 64.6 Å². The molecule has 1 fully saturated rings. The van der Waals surface area contributed by atoms with E-state index in [4.69, 9.17) is 0 Å². The quantitative estimate of drug-likeness (QED) is 0.562. The van der Waals surface area contributed by atoms with Gasteiger partial charge in [-0.15, -0.1) is 0 Å². The van der Waals surface area contributed by atoms with Crippen LogP contribution in [0.15, 0.2) is 58.3 Å². The highest BCUT2D eigenvalue weighted by molar-refractivity contribution is 8.18. The Morgan fingerprint density at radius 3 is 2.44 bits per heavy atom. The molecule has 2 aromatic carbocycles. The van der Waals surface area contributed by atoms with E-state index in [0.29, 0.717) is 28.6 Å². The zero-order chi connectivity index (χ0) is 19.4. The summed E-state index contributed by atoms with van der Waals surface area (Å²) in [6.45, 7) is 0. The van der Waals surface area contributed by atoms with Crippen molar-refractivity contribution in [3.8, 4) is 0 Å². The number of benzene rings is 2. The predicted octanol–water partition coefficient (Wildman–Crippen LogP) is 4.58. The Hall–Kier alpha value is -2.65. The number of imide groups is 1. The van der Waals surface area contributed by atoms with E-state index in [1.54, 1.807) is 48.5 Å². The number of halogens is 2. The van der Waals surface area contributed by atoms with Crippen molar-refractivity contribution < 1.29 is 23.2 Å². The minimum absolute atomic E-state index is 0.273. The van der Waals surface area contributed by atoms with Gasteiger partial charge in [-0.05, 0) is 47.7 Å². The van der Waals surface area contributed by atoms with E-state index in [-0.39, 0.29) is 9.80 Å². The van der Waals surface area contributed by atoms with Gasteiger partial charge in [0.1, 0.15) is 0 Å². The third-order valence-corrected chi connectivity index (χ3v) is 5.06. The number of anilines is 1. The summed E-state index contributed by atoms with van der Waals surface area (Å²) in [4.78, 5) is 35.6. The maximum Gasteiger partial charge on any atom is 0.290 e. The molecule has 0 spiro atoms. The molecule has 27 heavy (non-hydrogen) atoms. The smallest absolute Gasteiger partial charge is 0.290 e. The average molecular weight is 406 g/mol. The first kappa shape index (κ1) is 19.1. The Bertz CT molecular complexity index is 930. The number of rotatable bonds is 5. The van der Waals surface area contributed by atoms with Crippen molar-refractivity contribution >= 4 is 52.3 Å². The number of para-hydroxylation sites is 1. The van der Waals surface area contributed by atoms with Gasteiger partial charge in [0, 0.05) is 10.5 Å². The van der Waals surface area contributed by atoms with Gasteiger partial charge in [-0.1, -0.05) is 36.0 Å². The summed E-state index contributed by atoms with van der Waals surface area (Å²) in [6, 6.07) is 12.7. The average Bonchev–Trinajstić information content (AvgIpc) is 2.94. The first-order valence-electron chi connectivity index (χ1n) is 7.62. The molecule has 1 aliphatic heterocycles. The lowest BCUT2D eigenvalue weighted by atomic mass is 10.1. The van der Waals surface area contributed by atoms with Crippen LogP contribution in [0.2, 0.25) is 0 Å². The molecule has 2 aromatic rings. The van der Waals surface area contributed by atoms with Gasteiger partial charge >= 0.3 is 0 Å². The molecule has 2 N–H and O–H groups in total. The Balaban J connectivity index is 1.73. The molecule has 0 saturated carbocycles. The van der Waals surface area contributed by atoms with Crippen LogP contribution in [-0.4, -0.2) is 22.8 Å². The summed E-state index contributed by atoms with van der Waals surface area (Å²) in [5.74, 6) is -3.49. The van der Waals surface area contributed by atoms with Crippen LogP contribution < -0.4 is 10.6 Å². The van der Waals surface area contributed by atoms with Crippen LogP contribution in [0.1, 0.15) is 15.9 Å². The number of carbonyl (C=O) groups excluding carboxylic acids is 3. The molecule has 138 valence electrons. The van der Waals surface area contributed by atoms with Crippen molar-refractivity contribution in [1.82, 2.24) is 5.32 Å². The summed E-state index contributed by atoms with van der Waals surface area (Å²) in [6.07, 6.45) is 1.54. The Labute approximate surface area is 161 Å². The lowest BCUT2D eigenvalue weighted by molar-refractivity contribution is -0.115. The van der Waals surface area contributed by atoms with Gasteiger partial charge in [0.2, 0.25) is 0 Å². The summed E-state index contributed by atoms with van der Waals surface area (Å²) in [5, 5.41) is 4.35. The lowest BCUT2D eigenvalue weighted by Gasteiger charge is -2.10. The zero-order valence-corrected chi connectivity index (χ0v) is 15.2. The molecular weight excluding hydrogens is 394 g/mol. The second-order valence-corrected chi connectivity index (χ2v) is 7.35. The largest absolute Gasteiger partial charge is 0.321 e. The van der Waals surface area contributed by atoms with Gasteiger partial charge in [0.05, 0.1) is 10.6 Å². The number of carbonyl (C=O) groups is 3. The molecular formula is C18H12F2N2O3S2. The van der Waals surface area contributed by atoms with Crippen LogP contribution in [0.4, 0.5) is 19.3 Å². The number of thioether (sulfide) groups is 2. The Morgan fingerprint density at radius 2 is 1.81 bits per heavy atom. The van der Waals surface area contributed by atoms with Crippen LogP contribution in [0, 0.1) is 0 Å². The molecule has 0 aromatic heterocycles. The summed E-state index contributed by atoms with van der Waals surface area (Å²) >= 11 is 1.17. The lowest BCUT2D eigenvalue weighted by Crippen LogP contribution is -2.17. The van der Waals surface area contributed by atoms with E-state index >= 15 is 0 Å². The number of amides is 3. The molecule has 0 aliphatic carbocycles.